The SMILES string of the molecule is CC(CNc1ccccc1)C1CCCCC1. The average molecular weight is 217 g/mol. The molecule has 1 atom stereocenters. The van der Waals surface area contributed by atoms with Crippen molar-refractivity contribution in [1.29, 1.82) is 0 Å². The fourth-order valence-electron chi connectivity index (χ4n) is 2.70. The molecular weight excluding hydrogens is 194 g/mol. The van der Waals surface area contributed by atoms with Gasteiger partial charge in [-0.3, -0.25) is 0 Å². The second-order valence-electron chi connectivity index (χ2n) is 5.12. The number of anilines is 1. The van der Waals surface area contributed by atoms with Crippen molar-refractivity contribution in [1.82, 2.24) is 0 Å². The average Bonchev–Trinajstić information content (AvgIpc) is 2.38. The van der Waals surface area contributed by atoms with E-state index in [2.05, 4.69) is 42.6 Å². The van der Waals surface area contributed by atoms with E-state index >= 15 is 0 Å². The Morgan fingerprint density at radius 3 is 2.50 bits per heavy atom. The largest absolute Gasteiger partial charge is 0.385 e. The molecule has 0 aromatic heterocycles. The van der Waals surface area contributed by atoms with Crippen molar-refractivity contribution in [3.05, 3.63) is 30.3 Å². The molecular formula is C15H23N. The van der Waals surface area contributed by atoms with Crippen LogP contribution in [0.5, 0.6) is 0 Å². The molecule has 1 N–H and O–H groups in total. The fourth-order valence-corrected chi connectivity index (χ4v) is 2.70. The van der Waals surface area contributed by atoms with E-state index in [1.807, 2.05) is 0 Å². The van der Waals surface area contributed by atoms with Gasteiger partial charge in [0.15, 0.2) is 0 Å². The molecule has 1 aliphatic carbocycles. The predicted molar refractivity (Wildman–Crippen MR) is 70.7 cm³/mol. The lowest BCUT2D eigenvalue weighted by molar-refractivity contribution is 0.273. The summed E-state index contributed by atoms with van der Waals surface area (Å²) in [6.45, 7) is 3.51. The molecule has 1 nitrogen and oxygen atoms in total. The van der Waals surface area contributed by atoms with Crippen LogP contribution in [0.25, 0.3) is 0 Å². The van der Waals surface area contributed by atoms with Crippen LogP contribution in [0.3, 0.4) is 0 Å². The van der Waals surface area contributed by atoms with Crippen LogP contribution in [0.4, 0.5) is 5.69 Å². The van der Waals surface area contributed by atoms with Gasteiger partial charge in [-0.15, -0.1) is 0 Å². The molecule has 0 radical (unpaired) electrons. The number of nitrogens with one attached hydrogen (secondary N) is 1. The van der Waals surface area contributed by atoms with Crippen molar-refractivity contribution in [3.63, 3.8) is 0 Å². The van der Waals surface area contributed by atoms with Crippen molar-refractivity contribution < 1.29 is 0 Å². The summed E-state index contributed by atoms with van der Waals surface area (Å²) in [5, 5.41) is 3.54. The maximum Gasteiger partial charge on any atom is 0.0340 e. The molecule has 16 heavy (non-hydrogen) atoms. The lowest BCUT2D eigenvalue weighted by Crippen LogP contribution is -2.22. The minimum Gasteiger partial charge on any atom is -0.385 e. The van der Waals surface area contributed by atoms with Gasteiger partial charge in [0.05, 0.1) is 0 Å². The van der Waals surface area contributed by atoms with Crippen molar-refractivity contribution in [2.75, 3.05) is 11.9 Å². The minimum absolute atomic E-state index is 0.806. The van der Waals surface area contributed by atoms with Crippen LogP contribution in [0, 0.1) is 11.8 Å². The van der Waals surface area contributed by atoms with Crippen molar-refractivity contribution in [2.24, 2.45) is 11.8 Å². The van der Waals surface area contributed by atoms with Gasteiger partial charge < -0.3 is 5.32 Å². The van der Waals surface area contributed by atoms with Crippen LogP contribution in [-0.4, -0.2) is 6.54 Å². The van der Waals surface area contributed by atoms with Crippen LogP contribution in [0.15, 0.2) is 30.3 Å². The number of hydrogen-bond acceptors (Lipinski definition) is 1. The molecule has 1 unspecified atom stereocenters. The van der Waals surface area contributed by atoms with Crippen LogP contribution < -0.4 is 5.32 Å². The molecule has 1 aromatic rings. The van der Waals surface area contributed by atoms with Gasteiger partial charge in [-0.2, -0.15) is 0 Å². The fraction of sp³-hybridized carbons (Fsp3) is 0.600. The highest BCUT2D eigenvalue weighted by atomic mass is 14.9. The van der Waals surface area contributed by atoms with Crippen LogP contribution >= 0.6 is 0 Å². The number of para-hydroxylation sites is 1. The summed E-state index contributed by atoms with van der Waals surface area (Å²) in [5.74, 6) is 1.76. The van der Waals surface area contributed by atoms with E-state index in [4.69, 9.17) is 0 Å². The monoisotopic (exact) mass is 217 g/mol. The van der Waals surface area contributed by atoms with Crippen molar-refractivity contribution in [3.8, 4) is 0 Å². The van der Waals surface area contributed by atoms with Gasteiger partial charge in [0, 0.05) is 12.2 Å². The van der Waals surface area contributed by atoms with Gasteiger partial charge >= 0.3 is 0 Å². The molecule has 1 aromatic carbocycles. The van der Waals surface area contributed by atoms with Gasteiger partial charge in [0.2, 0.25) is 0 Å². The van der Waals surface area contributed by atoms with Gasteiger partial charge in [-0.1, -0.05) is 57.2 Å². The Kier molecular flexibility index (Phi) is 4.26. The number of benzene rings is 1. The highest BCUT2D eigenvalue weighted by molar-refractivity contribution is 5.42. The molecule has 1 heteroatoms. The molecule has 0 saturated heterocycles. The molecule has 0 bridgehead atoms. The lowest BCUT2D eigenvalue weighted by Gasteiger charge is -2.28. The molecule has 1 aliphatic rings. The van der Waals surface area contributed by atoms with E-state index in [0.717, 1.165) is 18.4 Å². The van der Waals surface area contributed by atoms with E-state index in [0.29, 0.717) is 0 Å². The van der Waals surface area contributed by atoms with Crippen LogP contribution in [0.1, 0.15) is 39.0 Å². The molecule has 0 spiro atoms. The second-order valence-corrected chi connectivity index (χ2v) is 5.12. The minimum atomic E-state index is 0.806. The third-order valence-corrected chi connectivity index (χ3v) is 3.86. The normalized spacial score (nSPS) is 19.3. The van der Waals surface area contributed by atoms with Gasteiger partial charge in [0.1, 0.15) is 0 Å². The molecule has 1 saturated carbocycles. The Morgan fingerprint density at radius 1 is 1.12 bits per heavy atom. The standard InChI is InChI=1S/C15H23N/c1-13(14-8-4-2-5-9-14)12-16-15-10-6-3-7-11-15/h3,6-7,10-11,13-14,16H,2,4-5,8-9,12H2,1H3. The first-order valence-corrected chi connectivity index (χ1v) is 6.65. The molecule has 1 fully saturated rings. The zero-order valence-electron chi connectivity index (χ0n) is 10.3. The summed E-state index contributed by atoms with van der Waals surface area (Å²) in [4.78, 5) is 0. The van der Waals surface area contributed by atoms with E-state index in [1.54, 1.807) is 0 Å². The summed E-state index contributed by atoms with van der Waals surface area (Å²) < 4.78 is 0. The Hall–Kier alpha value is -0.980. The molecule has 2 rings (SSSR count). The third kappa shape index (κ3) is 3.26. The topological polar surface area (TPSA) is 12.0 Å². The predicted octanol–water partition coefficient (Wildman–Crippen LogP) is 4.31. The maximum absolute atomic E-state index is 3.54. The Morgan fingerprint density at radius 2 is 1.81 bits per heavy atom. The molecule has 0 heterocycles. The molecule has 0 aliphatic heterocycles. The van der Waals surface area contributed by atoms with Gasteiger partial charge in [-0.25, -0.2) is 0 Å². The summed E-state index contributed by atoms with van der Waals surface area (Å²) in [6, 6.07) is 10.5. The van der Waals surface area contributed by atoms with E-state index < -0.39 is 0 Å². The van der Waals surface area contributed by atoms with E-state index in [-0.39, 0.29) is 0 Å². The van der Waals surface area contributed by atoms with Crippen molar-refractivity contribution in [2.45, 2.75) is 39.0 Å². The quantitative estimate of drug-likeness (QED) is 0.792. The first-order chi connectivity index (χ1) is 7.86. The Balaban J connectivity index is 1.76. The van der Waals surface area contributed by atoms with E-state index in [1.165, 1.54) is 37.8 Å². The van der Waals surface area contributed by atoms with Gasteiger partial charge in [-0.05, 0) is 24.0 Å². The zero-order chi connectivity index (χ0) is 11.2. The number of rotatable bonds is 4. The summed E-state index contributed by atoms with van der Waals surface area (Å²) in [7, 11) is 0. The maximum atomic E-state index is 3.54. The summed E-state index contributed by atoms with van der Waals surface area (Å²) in [6.07, 6.45) is 7.23. The first-order valence-electron chi connectivity index (χ1n) is 6.65. The zero-order valence-corrected chi connectivity index (χ0v) is 10.3. The third-order valence-electron chi connectivity index (χ3n) is 3.86. The first kappa shape index (κ1) is 11.5. The summed E-state index contributed by atoms with van der Waals surface area (Å²) in [5.41, 5.74) is 1.25. The highest BCUT2D eigenvalue weighted by Gasteiger charge is 2.19. The summed E-state index contributed by atoms with van der Waals surface area (Å²) >= 11 is 0. The smallest absolute Gasteiger partial charge is 0.0340 e. The Bertz CT molecular complexity index is 288. The van der Waals surface area contributed by atoms with Crippen LogP contribution in [-0.2, 0) is 0 Å². The second kappa shape index (κ2) is 5.93. The lowest BCUT2D eigenvalue weighted by atomic mass is 9.81. The Labute approximate surface area is 99.3 Å². The van der Waals surface area contributed by atoms with Crippen LogP contribution in [0.2, 0.25) is 0 Å². The number of hydrogen-bond donors (Lipinski definition) is 1. The van der Waals surface area contributed by atoms with E-state index in [9.17, 15) is 0 Å². The van der Waals surface area contributed by atoms with Gasteiger partial charge in [0.25, 0.3) is 0 Å². The molecule has 88 valence electrons. The van der Waals surface area contributed by atoms with Crippen molar-refractivity contribution >= 4 is 5.69 Å². The highest BCUT2D eigenvalue weighted by Crippen LogP contribution is 2.29. The molecule has 0 amide bonds.